The van der Waals surface area contributed by atoms with Gasteiger partial charge in [0, 0.05) is 29.5 Å². The van der Waals surface area contributed by atoms with Crippen molar-refractivity contribution in [3.8, 4) is 5.75 Å². The Bertz CT molecular complexity index is 1250. The number of fused-ring (bicyclic) bond motifs is 1. The van der Waals surface area contributed by atoms with E-state index in [1.54, 1.807) is 13.2 Å². The number of aromatic nitrogens is 1. The number of amides is 1. The molecule has 1 heterocycles. The molecule has 0 fully saturated rings. The van der Waals surface area contributed by atoms with E-state index in [-0.39, 0.29) is 18.0 Å². The summed E-state index contributed by atoms with van der Waals surface area (Å²) >= 11 is 0. The fourth-order valence-corrected chi connectivity index (χ4v) is 3.44. The first-order valence-electron chi connectivity index (χ1n) is 9.98. The smallest absolute Gasteiger partial charge is 0.256 e. The van der Waals surface area contributed by atoms with Crippen molar-refractivity contribution in [3.63, 3.8) is 0 Å². The van der Waals surface area contributed by atoms with Gasteiger partial charge in [0.25, 0.3) is 5.56 Å². The van der Waals surface area contributed by atoms with E-state index in [1.807, 2.05) is 78.9 Å². The number of rotatable bonds is 7. The number of carbonyl (C=O) groups excluding carboxylic acids is 1. The van der Waals surface area contributed by atoms with Crippen LogP contribution >= 0.6 is 0 Å². The minimum Gasteiger partial charge on any atom is -0.497 e. The molecule has 0 bridgehead atoms. The van der Waals surface area contributed by atoms with Crippen molar-refractivity contribution < 1.29 is 9.53 Å². The van der Waals surface area contributed by atoms with Gasteiger partial charge in [0.05, 0.1) is 12.6 Å². The Kier molecular flexibility index (Phi) is 5.98. The molecule has 2 N–H and O–H groups in total. The van der Waals surface area contributed by atoms with Crippen LogP contribution in [0.2, 0.25) is 0 Å². The predicted molar refractivity (Wildman–Crippen MR) is 124 cm³/mol. The number of hydrogen-bond acceptors (Lipinski definition) is 4. The number of anilines is 2. The van der Waals surface area contributed by atoms with Gasteiger partial charge in [-0.1, -0.05) is 36.4 Å². The minimum atomic E-state index is -0.273. The molecule has 6 heteroatoms. The van der Waals surface area contributed by atoms with Gasteiger partial charge in [0.1, 0.15) is 12.3 Å². The van der Waals surface area contributed by atoms with Crippen LogP contribution in [0.1, 0.15) is 5.56 Å². The molecule has 0 aliphatic heterocycles. The second-order valence-corrected chi connectivity index (χ2v) is 7.12. The summed E-state index contributed by atoms with van der Waals surface area (Å²) in [5, 5.41) is 6.97. The molecule has 0 aliphatic carbocycles. The van der Waals surface area contributed by atoms with Crippen molar-refractivity contribution in [2.24, 2.45) is 0 Å². The van der Waals surface area contributed by atoms with Gasteiger partial charge >= 0.3 is 0 Å². The second kappa shape index (κ2) is 9.17. The molecule has 0 aliphatic rings. The maximum atomic E-state index is 13.3. The molecule has 1 aromatic heterocycles. The van der Waals surface area contributed by atoms with Crippen molar-refractivity contribution in [1.82, 2.24) is 4.57 Å². The number of pyridine rings is 1. The maximum absolute atomic E-state index is 13.3. The third-order valence-corrected chi connectivity index (χ3v) is 4.99. The maximum Gasteiger partial charge on any atom is 0.256 e. The van der Waals surface area contributed by atoms with Gasteiger partial charge in [-0.25, -0.2) is 0 Å². The van der Waals surface area contributed by atoms with Crippen molar-refractivity contribution in [1.29, 1.82) is 0 Å². The van der Waals surface area contributed by atoms with Crippen LogP contribution in [-0.2, 0) is 17.9 Å². The van der Waals surface area contributed by atoms with Gasteiger partial charge in [-0.05, 0) is 47.9 Å². The average Bonchev–Trinajstić information content (AvgIpc) is 2.81. The quantitative estimate of drug-likeness (QED) is 0.475. The summed E-state index contributed by atoms with van der Waals surface area (Å²) in [5.41, 5.74) is 2.62. The molecule has 0 atom stereocenters. The number of hydrogen-bond donors (Lipinski definition) is 2. The number of carbonyl (C=O) groups is 1. The van der Waals surface area contributed by atoms with Gasteiger partial charge in [0.2, 0.25) is 5.91 Å². The highest BCUT2D eigenvalue weighted by Crippen LogP contribution is 2.21. The zero-order valence-electron chi connectivity index (χ0n) is 17.2. The largest absolute Gasteiger partial charge is 0.497 e. The van der Waals surface area contributed by atoms with Crippen LogP contribution in [0.25, 0.3) is 10.9 Å². The Hall–Kier alpha value is -4.06. The minimum absolute atomic E-state index is 0.101. The Morgan fingerprint density at radius 2 is 1.58 bits per heavy atom. The number of nitrogens with one attached hydrogen (secondary N) is 2. The van der Waals surface area contributed by atoms with Crippen LogP contribution in [0, 0.1) is 0 Å². The zero-order chi connectivity index (χ0) is 21.6. The lowest BCUT2D eigenvalue weighted by Gasteiger charge is -2.15. The highest BCUT2D eigenvalue weighted by atomic mass is 16.5. The SMILES string of the molecule is COc1ccc2cc(CNc3ccccc3)c(=O)n(CC(=O)Nc3ccccc3)c2c1. The molecule has 4 aromatic rings. The van der Waals surface area contributed by atoms with Crippen molar-refractivity contribution >= 4 is 28.2 Å². The van der Waals surface area contributed by atoms with Crippen LogP contribution in [0.3, 0.4) is 0 Å². The fraction of sp³-hybridized carbons (Fsp3) is 0.120. The van der Waals surface area contributed by atoms with Crippen molar-refractivity contribution in [3.05, 3.63) is 101 Å². The molecule has 0 radical (unpaired) electrons. The number of benzene rings is 3. The summed E-state index contributed by atoms with van der Waals surface area (Å²) in [6.07, 6.45) is 0. The Labute approximate surface area is 180 Å². The lowest BCUT2D eigenvalue weighted by atomic mass is 10.1. The number of nitrogens with zero attached hydrogens (tertiary/aromatic N) is 1. The summed E-state index contributed by atoms with van der Waals surface area (Å²) in [6.45, 7) is 0.252. The predicted octanol–water partition coefficient (Wildman–Crippen LogP) is 4.26. The molecular weight excluding hydrogens is 390 g/mol. The molecule has 1 amide bonds. The molecule has 0 saturated carbocycles. The van der Waals surface area contributed by atoms with E-state index in [4.69, 9.17) is 4.74 Å². The van der Waals surface area contributed by atoms with Gasteiger partial charge in [0.15, 0.2) is 0 Å². The van der Waals surface area contributed by atoms with E-state index < -0.39 is 0 Å². The Morgan fingerprint density at radius 1 is 0.903 bits per heavy atom. The Morgan fingerprint density at radius 3 is 2.26 bits per heavy atom. The number of methoxy groups -OCH3 is 1. The number of para-hydroxylation sites is 2. The molecule has 3 aromatic carbocycles. The normalized spacial score (nSPS) is 10.6. The molecule has 31 heavy (non-hydrogen) atoms. The van der Waals surface area contributed by atoms with Crippen LogP contribution in [0.15, 0.2) is 89.7 Å². The summed E-state index contributed by atoms with van der Waals surface area (Å²) in [6, 6.07) is 26.2. The van der Waals surface area contributed by atoms with Crippen LogP contribution < -0.4 is 20.9 Å². The standard InChI is InChI=1S/C25H23N3O3/c1-31-22-13-12-18-14-19(16-26-20-8-4-2-5-9-20)25(30)28(23(18)15-22)17-24(29)27-21-10-6-3-7-11-21/h2-15,26H,16-17H2,1H3,(H,27,29). The van der Waals surface area contributed by atoms with E-state index in [0.29, 0.717) is 29.1 Å². The number of ether oxygens (including phenoxy) is 1. The van der Waals surface area contributed by atoms with E-state index in [1.165, 1.54) is 4.57 Å². The third-order valence-electron chi connectivity index (χ3n) is 4.99. The summed E-state index contributed by atoms with van der Waals surface area (Å²) < 4.78 is 6.82. The third kappa shape index (κ3) is 4.75. The first-order valence-corrected chi connectivity index (χ1v) is 9.98. The van der Waals surface area contributed by atoms with Crippen molar-refractivity contribution in [2.45, 2.75) is 13.1 Å². The molecule has 0 spiro atoms. The fourth-order valence-electron chi connectivity index (χ4n) is 3.44. The zero-order valence-corrected chi connectivity index (χ0v) is 17.2. The van der Waals surface area contributed by atoms with Gasteiger partial charge in [-0.15, -0.1) is 0 Å². The highest BCUT2D eigenvalue weighted by molar-refractivity contribution is 5.92. The van der Waals surface area contributed by atoms with Crippen LogP contribution in [0.4, 0.5) is 11.4 Å². The average molecular weight is 413 g/mol. The summed E-state index contributed by atoms with van der Waals surface area (Å²) in [5.74, 6) is 0.352. The first kappa shape index (κ1) is 20.2. The molecule has 4 rings (SSSR count). The summed E-state index contributed by atoms with van der Waals surface area (Å²) in [4.78, 5) is 26.0. The van der Waals surface area contributed by atoms with E-state index in [2.05, 4.69) is 10.6 Å². The summed E-state index contributed by atoms with van der Waals surface area (Å²) in [7, 11) is 1.57. The molecule has 156 valence electrons. The van der Waals surface area contributed by atoms with Crippen LogP contribution in [-0.4, -0.2) is 17.6 Å². The van der Waals surface area contributed by atoms with E-state index in [0.717, 1.165) is 11.1 Å². The lowest BCUT2D eigenvalue weighted by Crippen LogP contribution is -2.30. The van der Waals surface area contributed by atoms with Crippen molar-refractivity contribution in [2.75, 3.05) is 17.7 Å². The second-order valence-electron chi connectivity index (χ2n) is 7.12. The molecule has 0 unspecified atom stereocenters. The molecular formula is C25H23N3O3. The van der Waals surface area contributed by atoms with Gasteiger partial charge in [-0.2, -0.15) is 0 Å². The molecule has 0 saturated heterocycles. The monoisotopic (exact) mass is 413 g/mol. The first-order chi connectivity index (χ1) is 15.1. The van der Waals surface area contributed by atoms with Gasteiger partial charge < -0.3 is 15.4 Å². The lowest BCUT2D eigenvalue weighted by molar-refractivity contribution is -0.116. The highest BCUT2D eigenvalue weighted by Gasteiger charge is 2.14. The van der Waals surface area contributed by atoms with Gasteiger partial charge in [-0.3, -0.25) is 14.2 Å². The Balaban J connectivity index is 1.68. The molecule has 6 nitrogen and oxygen atoms in total. The van der Waals surface area contributed by atoms with E-state index in [9.17, 15) is 9.59 Å². The topological polar surface area (TPSA) is 72.4 Å². The van der Waals surface area contributed by atoms with Crippen LogP contribution in [0.5, 0.6) is 5.75 Å². The van der Waals surface area contributed by atoms with E-state index >= 15 is 0 Å².